The Labute approximate surface area is 174 Å². The zero-order valence-corrected chi connectivity index (χ0v) is 17.6. The summed E-state index contributed by atoms with van der Waals surface area (Å²) in [4.78, 5) is 20.7. The lowest BCUT2D eigenvalue weighted by molar-refractivity contribution is -0.115. The van der Waals surface area contributed by atoms with Gasteiger partial charge in [0.1, 0.15) is 11.5 Å². The Kier molecular flexibility index (Phi) is 8.22. The summed E-state index contributed by atoms with van der Waals surface area (Å²) in [6.07, 6.45) is 1.48. The molecule has 2 aromatic heterocycles. The molecule has 11 heteroatoms. The predicted molar refractivity (Wildman–Crippen MR) is 107 cm³/mol. The second-order valence-electron chi connectivity index (χ2n) is 6.03. The van der Waals surface area contributed by atoms with E-state index in [1.54, 1.807) is 6.07 Å². The van der Waals surface area contributed by atoms with Crippen LogP contribution < -0.4 is 14.2 Å². The number of carbonyl (C=O) groups excluding carboxylic acids is 1. The summed E-state index contributed by atoms with van der Waals surface area (Å²) in [7, 11) is 1.48. The Hall–Kier alpha value is -3.08. The first-order valence-electron chi connectivity index (χ1n) is 8.60. The molecule has 0 fully saturated rings. The Morgan fingerprint density at radius 3 is 2.43 bits per heavy atom. The van der Waals surface area contributed by atoms with E-state index >= 15 is 0 Å². The number of hydrogen-bond acceptors (Lipinski definition) is 7. The van der Waals surface area contributed by atoms with E-state index in [-0.39, 0.29) is 22.4 Å². The maximum absolute atomic E-state index is 12.6. The van der Waals surface area contributed by atoms with Crippen molar-refractivity contribution in [2.75, 3.05) is 14.2 Å². The van der Waals surface area contributed by atoms with Crippen molar-refractivity contribution in [1.29, 1.82) is 0 Å². The Bertz CT molecular complexity index is 1040. The third-order valence-corrected chi connectivity index (χ3v) is 4.66. The molecular weight excluding hydrogens is 420 g/mol. The molecule has 1 unspecified atom stereocenters. The lowest BCUT2D eigenvalue weighted by Crippen LogP contribution is -2.02. The number of aromatic amines is 1. The Morgan fingerprint density at radius 1 is 1.17 bits per heavy atom. The summed E-state index contributed by atoms with van der Waals surface area (Å²) >= 11 is 0. The van der Waals surface area contributed by atoms with E-state index in [2.05, 4.69) is 19.7 Å². The summed E-state index contributed by atoms with van der Waals surface area (Å²) in [5, 5.41) is 0.214. The van der Waals surface area contributed by atoms with Crippen LogP contribution in [-0.4, -0.2) is 45.8 Å². The van der Waals surface area contributed by atoms with Crippen molar-refractivity contribution in [3.8, 4) is 17.2 Å². The van der Waals surface area contributed by atoms with Gasteiger partial charge in [-0.1, -0.05) is 0 Å². The third-order valence-electron chi connectivity index (χ3n) is 3.48. The van der Waals surface area contributed by atoms with Crippen molar-refractivity contribution < 1.29 is 32.0 Å². The van der Waals surface area contributed by atoms with Crippen LogP contribution in [0.15, 0.2) is 35.6 Å². The Balaban J connectivity index is 0.000000735. The van der Waals surface area contributed by atoms with Crippen LogP contribution in [0.1, 0.15) is 19.5 Å². The van der Waals surface area contributed by atoms with Gasteiger partial charge in [-0.05, 0) is 26.0 Å². The summed E-state index contributed by atoms with van der Waals surface area (Å²) < 4.78 is 51.8. The number of fused-ring (bicyclic) bond motifs is 1. The zero-order valence-electron chi connectivity index (χ0n) is 16.8. The van der Waals surface area contributed by atoms with Gasteiger partial charge in [0.15, 0.2) is 16.7 Å². The number of H-pyrrole nitrogens is 1. The first-order valence-corrected chi connectivity index (χ1v) is 9.92. The van der Waals surface area contributed by atoms with Gasteiger partial charge in [-0.3, -0.25) is 9.19 Å². The molecule has 0 saturated carbocycles. The number of nitrogens with one attached hydrogen (secondary N) is 1. The fourth-order valence-corrected chi connectivity index (χ4v) is 3.30. The van der Waals surface area contributed by atoms with Crippen molar-refractivity contribution >= 4 is 27.6 Å². The normalized spacial score (nSPS) is 11.6. The minimum absolute atomic E-state index is 0.00459. The van der Waals surface area contributed by atoms with E-state index in [0.717, 1.165) is 0 Å². The fourth-order valence-electron chi connectivity index (χ4n) is 2.31. The Morgan fingerprint density at radius 2 is 1.83 bits per heavy atom. The average Bonchev–Trinajstić information content (AvgIpc) is 3.10. The second kappa shape index (κ2) is 10.6. The van der Waals surface area contributed by atoms with Crippen LogP contribution >= 0.6 is 0 Å². The van der Waals surface area contributed by atoms with Gasteiger partial charge < -0.3 is 24.0 Å². The van der Waals surface area contributed by atoms with Crippen LogP contribution in [0.2, 0.25) is 0 Å². The number of carbonyl (C=O) groups is 1. The smallest absolute Gasteiger partial charge is 0.387 e. The minimum atomic E-state index is -2.92. The highest BCUT2D eigenvalue weighted by Crippen LogP contribution is 2.27. The lowest BCUT2D eigenvalue weighted by atomic mass is 10.3. The van der Waals surface area contributed by atoms with E-state index in [9.17, 15) is 17.8 Å². The molecule has 0 spiro atoms. The number of imidazole rings is 1. The number of ether oxygens (including phenoxy) is 3. The maximum Gasteiger partial charge on any atom is 0.387 e. The largest absolute Gasteiger partial charge is 0.493 e. The molecule has 0 aliphatic carbocycles. The number of pyridine rings is 1. The monoisotopic (exact) mass is 441 g/mol. The minimum Gasteiger partial charge on any atom is -0.493 e. The van der Waals surface area contributed by atoms with Crippen molar-refractivity contribution in [1.82, 2.24) is 15.0 Å². The van der Waals surface area contributed by atoms with Crippen LogP contribution in [0.4, 0.5) is 8.78 Å². The number of alkyl halides is 2. The number of hydrogen-bond donors (Lipinski definition) is 1. The molecule has 3 aromatic rings. The number of rotatable bonds is 7. The quantitative estimate of drug-likeness (QED) is 0.599. The molecule has 0 bridgehead atoms. The molecule has 1 atom stereocenters. The molecular formula is C19H21F2N3O5S. The topological polar surface area (TPSA) is 103 Å². The number of benzene rings is 1. The highest BCUT2D eigenvalue weighted by atomic mass is 32.2. The number of aromatic nitrogens is 3. The number of halogens is 2. The van der Waals surface area contributed by atoms with E-state index in [1.165, 1.54) is 52.5 Å². The SMILES string of the molecule is CC(C)=O.COc1cnc(CS(=O)c2nc3ccc(OC(F)F)cc3[nH]2)cc1OC. The van der Waals surface area contributed by atoms with Gasteiger partial charge in [-0.25, -0.2) is 4.98 Å². The highest BCUT2D eigenvalue weighted by Gasteiger charge is 2.15. The molecule has 2 heterocycles. The molecule has 8 nitrogen and oxygen atoms in total. The molecule has 0 aliphatic rings. The summed E-state index contributed by atoms with van der Waals surface area (Å²) in [6.45, 7) is 0.139. The fraction of sp³-hybridized carbons (Fsp3) is 0.316. The van der Waals surface area contributed by atoms with Gasteiger partial charge in [0, 0.05) is 12.1 Å². The average molecular weight is 441 g/mol. The second-order valence-corrected chi connectivity index (χ2v) is 7.39. The molecule has 0 saturated heterocycles. The standard InChI is InChI=1S/C16H15F2N3O4S.C3H6O/c1-23-13-5-9(19-7-14(13)24-2)8-26(22)16-20-11-4-3-10(25-15(17)18)6-12(11)21-16;1-3(2)4/h3-7,15H,8H2,1-2H3,(H,20,21);1-2H3. The van der Waals surface area contributed by atoms with Crippen LogP contribution in [0, 0.1) is 0 Å². The third kappa shape index (κ3) is 6.48. The predicted octanol–water partition coefficient (Wildman–Crippen LogP) is 3.48. The van der Waals surface area contributed by atoms with Crippen molar-refractivity contribution in [2.45, 2.75) is 31.4 Å². The van der Waals surface area contributed by atoms with Crippen LogP contribution in [0.25, 0.3) is 11.0 Å². The van der Waals surface area contributed by atoms with Crippen LogP contribution in [0.5, 0.6) is 17.2 Å². The molecule has 3 rings (SSSR count). The lowest BCUT2D eigenvalue weighted by Gasteiger charge is -2.08. The molecule has 0 amide bonds. The first-order chi connectivity index (χ1) is 14.2. The van der Waals surface area contributed by atoms with E-state index in [4.69, 9.17) is 9.47 Å². The van der Waals surface area contributed by atoms with Gasteiger partial charge in [0.25, 0.3) is 0 Å². The van der Waals surface area contributed by atoms with Gasteiger partial charge in [-0.15, -0.1) is 0 Å². The highest BCUT2D eigenvalue weighted by molar-refractivity contribution is 7.84. The molecule has 162 valence electrons. The zero-order chi connectivity index (χ0) is 22.3. The number of ketones is 1. The van der Waals surface area contributed by atoms with E-state index in [0.29, 0.717) is 28.2 Å². The number of methoxy groups -OCH3 is 2. The molecule has 30 heavy (non-hydrogen) atoms. The first kappa shape index (κ1) is 23.2. The molecule has 1 aromatic carbocycles. The van der Waals surface area contributed by atoms with Gasteiger partial charge in [0.2, 0.25) is 0 Å². The van der Waals surface area contributed by atoms with Gasteiger partial charge in [-0.2, -0.15) is 8.78 Å². The number of Topliss-reactive ketones (excluding diaryl/α,β-unsaturated/α-hetero) is 1. The maximum atomic E-state index is 12.6. The number of nitrogens with zero attached hydrogens (tertiary/aromatic N) is 2. The van der Waals surface area contributed by atoms with Gasteiger partial charge in [0.05, 0.1) is 53.7 Å². The molecule has 1 N–H and O–H groups in total. The van der Waals surface area contributed by atoms with Crippen LogP contribution in [0.3, 0.4) is 0 Å². The summed E-state index contributed by atoms with van der Waals surface area (Å²) in [5.41, 5.74) is 1.48. The summed E-state index contributed by atoms with van der Waals surface area (Å²) in [6, 6.07) is 5.90. The van der Waals surface area contributed by atoms with Gasteiger partial charge >= 0.3 is 6.61 Å². The van der Waals surface area contributed by atoms with Crippen molar-refractivity contribution in [3.63, 3.8) is 0 Å². The van der Waals surface area contributed by atoms with Crippen molar-refractivity contribution in [3.05, 3.63) is 36.2 Å². The van der Waals surface area contributed by atoms with E-state index < -0.39 is 17.4 Å². The van der Waals surface area contributed by atoms with E-state index in [1.807, 2.05) is 0 Å². The summed E-state index contributed by atoms with van der Waals surface area (Å²) in [5.74, 6) is 1.21. The van der Waals surface area contributed by atoms with Crippen LogP contribution in [-0.2, 0) is 21.3 Å². The van der Waals surface area contributed by atoms with Crippen molar-refractivity contribution in [2.24, 2.45) is 0 Å². The molecule has 0 aliphatic heterocycles. The molecule has 0 radical (unpaired) electrons.